The third-order valence-corrected chi connectivity index (χ3v) is 3.67. The van der Waals surface area contributed by atoms with E-state index in [1.54, 1.807) is 0 Å². The predicted octanol–water partition coefficient (Wildman–Crippen LogP) is 1.20. The Hall–Kier alpha value is -0.610. The fourth-order valence-electron chi connectivity index (χ4n) is 2.59. The smallest absolute Gasteiger partial charge is 0.237 e. The van der Waals surface area contributed by atoms with Crippen LogP contribution in [0, 0.1) is 0 Å². The van der Waals surface area contributed by atoms with E-state index in [1.165, 1.54) is 19.3 Å². The number of amides is 1. The molecule has 4 nitrogen and oxygen atoms in total. The Balaban J connectivity index is 1.64. The van der Waals surface area contributed by atoms with E-state index in [0.717, 1.165) is 45.4 Å². The van der Waals surface area contributed by atoms with Crippen molar-refractivity contribution in [1.82, 2.24) is 10.6 Å². The maximum absolute atomic E-state index is 11.7. The molecule has 2 N–H and O–H groups in total. The van der Waals surface area contributed by atoms with E-state index in [-0.39, 0.29) is 11.9 Å². The first-order valence-electron chi connectivity index (χ1n) is 6.99. The van der Waals surface area contributed by atoms with Crippen molar-refractivity contribution in [2.24, 2.45) is 0 Å². The van der Waals surface area contributed by atoms with Gasteiger partial charge >= 0.3 is 0 Å². The monoisotopic (exact) mass is 240 g/mol. The molecule has 2 aliphatic heterocycles. The van der Waals surface area contributed by atoms with Crippen molar-refractivity contribution in [2.45, 2.75) is 57.1 Å². The molecule has 0 radical (unpaired) electrons. The lowest BCUT2D eigenvalue weighted by molar-refractivity contribution is -0.122. The Kier molecular flexibility index (Phi) is 5.26. The van der Waals surface area contributed by atoms with Crippen molar-refractivity contribution in [3.05, 3.63) is 0 Å². The van der Waals surface area contributed by atoms with Crippen LogP contribution in [0.4, 0.5) is 0 Å². The van der Waals surface area contributed by atoms with Crippen LogP contribution < -0.4 is 10.6 Å². The van der Waals surface area contributed by atoms with Crippen molar-refractivity contribution in [2.75, 3.05) is 19.7 Å². The molecular weight excluding hydrogens is 216 g/mol. The molecule has 0 aromatic rings. The molecule has 0 aromatic heterocycles. The van der Waals surface area contributed by atoms with Crippen LogP contribution >= 0.6 is 0 Å². The van der Waals surface area contributed by atoms with Gasteiger partial charge in [-0.3, -0.25) is 4.79 Å². The van der Waals surface area contributed by atoms with Gasteiger partial charge in [0.1, 0.15) is 0 Å². The molecule has 0 saturated carbocycles. The molecule has 0 bridgehead atoms. The Labute approximate surface area is 103 Å². The summed E-state index contributed by atoms with van der Waals surface area (Å²) < 4.78 is 5.68. The van der Waals surface area contributed by atoms with E-state index in [4.69, 9.17) is 4.74 Å². The third kappa shape index (κ3) is 4.28. The van der Waals surface area contributed by atoms with Gasteiger partial charge in [-0.1, -0.05) is 0 Å². The van der Waals surface area contributed by atoms with Gasteiger partial charge in [0.05, 0.1) is 12.1 Å². The zero-order chi connectivity index (χ0) is 11.9. The number of rotatable bonds is 4. The van der Waals surface area contributed by atoms with Gasteiger partial charge in [0.25, 0.3) is 0 Å². The molecule has 0 aliphatic carbocycles. The summed E-state index contributed by atoms with van der Waals surface area (Å²) in [5, 5.41) is 6.32. The molecule has 1 amide bonds. The van der Waals surface area contributed by atoms with E-state index in [2.05, 4.69) is 10.6 Å². The molecule has 0 spiro atoms. The minimum absolute atomic E-state index is 0.0149. The lowest BCUT2D eigenvalue weighted by Gasteiger charge is -2.23. The second-order valence-electron chi connectivity index (χ2n) is 5.07. The molecule has 98 valence electrons. The fourth-order valence-corrected chi connectivity index (χ4v) is 2.59. The molecule has 2 unspecified atom stereocenters. The zero-order valence-electron chi connectivity index (χ0n) is 10.5. The highest BCUT2D eigenvalue weighted by molar-refractivity contribution is 5.81. The molecule has 2 heterocycles. The van der Waals surface area contributed by atoms with E-state index >= 15 is 0 Å². The highest BCUT2D eigenvalue weighted by Gasteiger charge is 2.20. The lowest BCUT2D eigenvalue weighted by atomic mass is 10.1. The topological polar surface area (TPSA) is 50.4 Å². The van der Waals surface area contributed by atoms with Gasteiger partial charge in [0.2, 0.25) is 5.91 Å². The Morgan fingerprint density at radius 2 is 2.12 bits per heavy atom. The fraction of sp³-hybridized carbons (Fsp3) is 0.923. The highest BCUT2D eigenvalue weighted by atomic mass is 16.5. The number of nitrogens with one attached hydrogen (secondary N) is 2. The summed E-state index contributed by atoms with van der Waals surface area (Å²) in [6, 6.07) is 0.0149. The molecular formula is C13H24N2O2. The normalized spacial score (nSPS) is 30.7. The second-order valence-corrected chi connectivity index (χ2v) is 5.07. The summed E-state index contributed by atoms with van der Waals surface area (Å²) in [4.78, 5) is 11.7. The third-order valence-electron chi connectivity index (χ3n) is 3.67. The van der Waals surface area contributed by atoms with Crippen LogP contribution in [0.3, 0.4) is 0 Å². The van der Waals surface area contributed by atoms with E-state index in [0.29, 0.717) is 6.10 Å². The van der Waals surface area contributed by atoms with E-state index < -0.39 is 0 Å². The minimum atomic E-state index is 0.0149. The summed E-state index contributed by atoms with van der Waals surface area (Å²) >= 11 is 0. The van der Waals surface area contributed by atoms with Crippen molar-refractivity contribution >= 4 is 5.91 Å². The maximum Gasteiger partial charge on any atom is 0.237 e. The van der Waals surface area contributed by atoms with Crippen LogP contribution in [0.25, 0.3) is 0 Å². The average molecular weight is 240 g/mol. The lowest BCUT2D eigenvalue weighted by Crippen LogP contribution is -2.43. The summed E-state index contributed by atoms with van der Waals surface area (Å²) in [6.45, 7) is 2.64. The van der Waals surface area contributed by atoms with Crippen LogP contribution in [0.5, 0.6) is 0 Å². The van der Waals surface area contributed by atoms with Crippen molar-refractivity contribution in [3.63, 3.8) is 0 Å². The van der Waals surface area contributed by atoms with E-state index in [9.17, 15) is 4.79 Å². The van der Waals surface area contributed by atoms with Gasteiger partial charge in [0.15, 0.2) is 0 Å². The van der Waals surface area contributed by atoms with Crippen LogP contribution in [0.2, 0.25) is 0 Å². The second kappa shape index (κ2) is 6.97. The SMILES string of the molecule is O=C1NCCCCC1NCCC1CCCCO1. The zero-order valence-corrected chi connectivity index (χ0v) is 10.5. The number of carbonyl (C=O) groups is 1. The summed E-state index contributed by atoms with van der Waals surface area (Å²) in [6.07, 6.45) is 8.32. The largest absolute Gasteiger partial charge is 0.378 e. The first-order valence-corrected chi connectivity index (χ1v) is 6.99. The number of ether oxygens (including phenoxy) is 1. The minimum Gasteiger partial charge on any atom is -0.378 e. The van der Waals surface area contributed by atoms with Gasteiger partial charge in [-0.15, -0.1) is 0 Å². The number of hydrogen-bond donors (Lipinski definition) is 2. The molecule has 2 rings (SSSR count). The van der Waals surface area contributed by atoms with Crippen molar-refractivity contribution in [1.29, 1.82) is 0 Å². The maximum atomic E-state index is 11.7. The van der Waals surface area contributed by atoms with Crippen LogP contribution in [0.15, 0.2) is 0 Å². The van der Waals surface area contributed by atoms with Gasteiger partial charge in [-0.2, -0.15) is 0 Å². The van der Waals surface area contributed by atoms with E-state index in [1.807, 2.05) is 0 Å². The Bertz CT molecular complexity index is 240. The molecule has 4 heteroatoms. The highest BCUT2D eigenvalue weighted by Crippen LogP contribution is 2.15. The Morgan fingerprint density at radius 1 is 1.24 bits per heavy atom. The quantitative estimate of drug-likeness (QED) is 0.776. The van der Waals surface area contributed by atoms with Crippen LogP contribution in [0.1, 0.15) is 44.9 Å². The molecule has 2 saturated heterocycles. The number of hydrogen-bond acceptors (Lipinski definition) is 3. The standard InChI is InChI=1S/C13H24N2O2/c16-13-12(6-1-3-8-15-13)14-9-7-11-5-2-4-10-17-11/h11-12,14H,1-10H2,(H,15,16). The summed E-state index contributed by atoms with van der Waals surface area (Å²) in [7, 11) is 0. The summed E-state index contributed by atoms with van der Waals surface area (Å²) in [5.41, 5.74) is 0. The van der Waals surface area contributed by atoms with Crippen molar-refractivity contribution in [3.8, 4) is 0 Å². The number of carbonyl (C=O) groups excluding carboxylic acids is 1. The molecule has 17 heavy (non-hydrogen) atoms. The van der Waals surface area contributed by atoms with Crippen LogP contribution in [-0.2, 0) is 9.53 Å². The molecule has 2 atom stereocenters. The Morgan fingerprint density at radius 3 is 2.94 bits per heavy atom. The molecule has 0 aromatic carbocycles. The average Bonchev–Trinajstić information content (AvgIpc) is 2.56. The van der Waals surface area contributed by atoms with Gasteiger partial charge in [-0.05, 0) is 51.5 Å². The van der Waals surface area contributed by atoms with Gasteiger partial charge in [-0.25, -0.2) is 0 Å². The summed E-state index contributed by atoms with van der Waals surface area (Å²) in [5.74, 6) is 0.173. The molecule has 2 aliphatic rings. The molecule has 2 fully saturated rings. The van der Waals surface area contributed by atoms with Crippen LogP contribution in [-0.4, -0.2) is 37.7 Å². The predicted molar refractivity (Wildman–Crippen MR) is 66.9 cm³/mol. The van der Waals surface area contributed by atoms with Gasteiger partial charge < -0.3 is 15.4 Å². The van der Waals surface area contributed by atoms with Gasteiger partial charge in [0, 0.05) is 13.2 Å². The first kappa shape index (κ1) is 12.8. The van der Waals surface area contributed by atoms with Crippen molar-refractivity contribution < 1.29 is 9.53 Å². The first-order chi connectivity index (χ1) is 8.36.